The van der Waals surface area contributed by atoms with E-state index in [1.165, 1.54) is 0 Å². The molecule has 2 heteroatoms. The summed E-state index contributed by atoms with van der Waals surface area (Å²) in [6.45, 7) is 1.92. The van der Waals surface area contributed by atoms with Crippen LogP contribution in [0.3, 0.4) is 0 Å². The van der Waals surface area contributed by atoms with Crippen LogP contribution in [0.15, 0.2) is 51.9 Å². The molecule has 0 atom stereocenters. The quantitative estimate of drug-likeness (QED) is 0.659. The first-order valence-corrected chi connectivity index (χ1v) is 4.50. The summed E-state index contributed by atoms with van der Waals surface area (Å²) >= 11 is 0. The normalized spacial score (nSPS) is 10.9. The molecular formula is C12H11NO. The highest BCUT2D eigenvalue weighted by molar-refractivity contribution is 5.78. The lowest BCUT2D eigenvalue weighted by Crippen LogP contribution is -1.73. The summed E-state index contributed by atoms with van der Waals surface area (Å²) in [6.07, 6.45) is 1.72. The van der Waals surface area contributed by atoms with E-state index in [-0.39, 0.29) is 0 Å². The number of aryl methyl sites for hydroxylation is 1. The summed E-state index contributed by atoms with van der Waals surface area (Å²) in [4.78, 5) is 4.27. The molecule has 0 aliphatic carbocycles. The SMILES string of the molecule is Cc1ccc(/C=N/c2ccccc2)o1. The Kier molecular flexibility index (Phi) is 2.45. The van der Waals surface area contributed by atoms with Crippen molar-refractivity contribution in [2.24, 2.45) is 4.99 Å². The Balaban J connectivity index is 2.15. The highest BCUT2D eigenvalue weighted by atomic mass is 16.3. The summed E-state index contributed by atoms with van der Waals surface area (Å²) < 4.78 is 5.36. The fourth-order valence-corrected chi connectivity index (χ4v) is 1.18. The van der Waals surface area contributed by atoms with Gasteiger partial charge in [-0.05, 0) is 31.2 Å². The van der Waals surface area contributed by atoms with E-state index in [0.717, 1.165) is 17.2 Å². The van der Waals surface area contributed by atoms with Gasteiger partial charge in [0, 0.05) is 0 Å². The third kappa shape index (κ3) is 2.10. The topological polar surface area (TPSA) is 25.5 Å². The first-order valence-electron chi connectivity index (χ1n) is 4.50. The zero-order valence-electron chi connectivity index (χ0n) is 7.97. The monoisotopic (exact) mass is 185 g/mol. The summed E-state index contributed by atoms with van der Waals surface area (Å²) in [6, 6.07) is 13.6. The number of para-hydroxylation sites is 1. The largest absolute Gasteiger partial charge is 0.460 e. The Morgan fingerprint density at radius 1 is 1.07 bits per heavy atom. The van der Waals surface area contributed by atoms with Crippen molar-refractivity contribution in [3.8, 4) is 0 Å². The molecular weight excluding hydrogens is 174 g/mol. The van der Waals surface area contributed by atoms with E-state index in [1.807, 2.05) is 49.4 Å². The predicted molar refractivity (Wildman–Crippen MR) is 57.1 cm³/mol. The minimum absolute atomic E-state index is 0.784. The van der Waals surface area contributed by atoms with E-state index in [4.69, 9.17) is 4.42 Å². The van der Waals surface area contributed by atoms with Crippen molar-refractivity contribution >= 4 is 11.9 Å². The molecule has 0 unspecified atom stereocenters. The second-order valence-electron chi connectivity index (χ2n) is 3.04. The van der Waals surface area contributed by atoms with E-state index in [0.29, 0.717) is 0 Å². The Morgan fingerprint density at radius 3 is 2.50 bits per heavy atom. The molecule has 70 valence electrons. The highest BCUT2D eigenvalue weighted by Crippen LogP contribution is 2.10. The Labute approximate surface area is 82.9 Å². The predicted octanol–water partition coefficient (Wildman–Crippen LogP) is 3.34. The van der Waals surface area contributed by atoms with Gasteiger partial charge in [0.25, 0.3) is 0 Å². The van der Waals surface area contributed by atoms with Gasteiger partial charge < -0.3 is 4.42 Å². The van der Waals surface area contributed by atoms with Gasteiger partial charge >= 0.3 is 0 Å². The number of furan rings is 1. The molecule has 2 nitrogen and oxygen atoms in total. The van der Waals surface area contributed by atoms with E-state index < -0.39 is 0 Å². The number of benzene rings is 1. The van der Waals surface area contributed by atoms with Gasteiger partial charge in [0.1, 0.15) is 11.5 Å². The number of nitrogens with zero attached hydrogens (tertiary/aromatic N) is 1. The smallest absolute Gasteiger partial charge is 0.145 e. The third-order valence-corrected chi connectivity index (χ3v) is 1.86. The van der Waals surface area contributed by atoms with E-state index >= 15 is 0 Å². The first-order chi connectivity index (χ1) is 6.84. The van der Waals surface area contributed by atoms with Crippen LogP contribution in [0.1, 0.15) is 11.5 Å². The molecule has 0 spiro atoms. The molecule has 14 heavy (non-hydrogen) atoms. The van der Waals surface area contributed by atoms with Crippen LogP contribution < -0.4 is 0 Å². The van der Waals surface area contributed by atoms with Crippen LogP contribution in [-0.2, 0) is 0 Å². The van der Waals surface area contributed by atoms with Crippen LogP contribution in [0.5, 0.6) is 0 Å². The molecule has 1 aromatic carbocycles. The van der Waals surface area contributed by atoms with Gasteiger partial charge in [-0.1, -0.05) is 18.2 Å². The zero-order chi connectivity index (χ0) is 9.80. The maximum absolute atomic E-state index is 5.36. The number of rotatable bonds is 2. The van der Waals surface area contributed by atoms with Gasteiger partial charge in [-0.2, -0.15) is 0 Å². The minimum Gasteiger partial charge on any atom is -0.460 e. The molecule has 0 bridgehead atoms. The van der Waals surface area contributed by atoms with Crippen LogP contribution in [0.4, 0.5) is 5.69 Å². The molecule has 0 fully saturated rings. The Morgan fingerprint density at radius 2 is 1.86 bits per heavy atom. The highest BCUT2D eigenvalue weighted by Gasteiger charge is 1.92. The van der Waals surface area contributed by atoms with Crippen molar-refractivity contribution in [2.45, 2.75) is 6.92 Å². The Bertz CT molecular complexity index is 429. The molecule has 2 aromatic rings. The van der Waals surface area contributed by atoms with E-state index in [1.54, 1.807) is 6.21 Å². The van der Waals surface area contributed by atoms with Crippen molar-refractivity contribution in [1.82, 2.24) is 0 Å². The van der Waals surface area contributed by atoms with E-state index in [2.05, 4.69) is 4.99 Å². The molecule has 0 amide bonds. The van der Waals surface area contributed by atoms with Crippen LogP contribution in [0.25, 0.3) is 0 Å². The molecule has 0 N–H and O–H groups in total. The van der Waals surface area contributed by atoms with E-state index in [9.17, 15) is 0 Å². The molecule has 0 aliphatic rings. The van der Waals surface area contributed by atoms with Crippen molar-refractivity contribution in [3.63, 3.8) is 0 Å². The summed E-state index contributed by atoms with van der Waals surface area (Å²) in [5.41, 5.74) is 0.932. The molecule has 0 aliphatic heterocycles. The zero-order valence-corrected chi connectivity index (χ0v) is 7.97. The minimum atomic E-state index is 0.784. The first kappa shape index (κ1) is 8.75. The summed E-state index contributed by atoms with van der Waals surface area (Å²) in [5.74, 6) is 1.69. The van der Waals surface area contributed by atoms with Gasteiger partial charge in [-0.3, -0.25) is 4.99 Å². The second kappa shape index (κ2) is 3.92. The van der Waals surface area contributed by atoms with Crippen molar-refractivity contribution < 1.29 is 4.42 Å². The summed E-state index contributed by atoms with van der Waals surface area (Å²) in [5, 5.41) is 0. The molecule has 2 rings (SSSR count). The number of hydrogen-bond donors (Lipinski definition) is 0. The van der Waals surface area contributed by atoms with Gasteiger partial charge in [-0.25, -0.2) is 0 Å². The molecule has 0 saturated heterocycles. The van der Waals surface area contributed by atoms with Crippen LogP contribution >= 0.6 is 0 Å². The molecule has 0 radical (unpaired) electrons. The van der Waals surface area contributed by atoms with Gasteiger partial charge in [0.05, 0.1) is 11.9 Å². The lowest BCUT2D eigenvalue weighted by atomic mass is 10.3. The lowest BCUT2D eigenvalue weighted by molar-refractivity contribution is 0.528. The van der Waals surface area contributed by atoms with Crippen LogP contribution in [-0.4, -0.2) is 6.21 Å². The number of hydrogen-bond acceptors (Lipinski definition) is 2. The van der Waals surface area contributed by atoms with Crippen LogP contribution in [0.2, 0.25) is 0 Å². The Hall–Kier alpha value is -1.83. The lowest BCUT2D eigenvalue weighted by Gasteiger charge is -1.89. The van der Waals surface area contributed by atoms with Crippen molar-refractivity contribution in [1.29, 1.82) is 0 Å². The molecule has 1 heterocycles. The second-order valence-corrected chi connectivity index (χ2v) is 3.04. The van der Waals surface area contributed by atoms with Gasteiger partial charge in [0.2, 0.25) is 0 Å². The maximum atomic E-state index is 5.36. The van der Waals surface area contributed by atoms with Crippen LogP contribution in [0, 0.1) is 6.92 Å². The number of aliphatic imine (C=N–C) groups is 1. The van der Waals surface area contributed by atoms with Crippen molar-refractivity contribution in [3.05, 3.63) is 54.0 Å². The van der Waals surface area contributed by atoms with Gasteiger partial charge in [0.15, 0.2) is 0 Å². The fraction of sp³-hybridized carbons (Fsp3) is 0.0833. The molecule has 0 saturated carbocycles. The fourth-order valence-electron chi connectivity index (χ4n) is 1.18. The summed E-state index contributed by atoms with van der Waals surface area (Å²) in [7, 11) is 0. The van der Waals surface area contributed by atoms with Gasteiger partial charge in [-0.15, -0.1) is 0 Å². The standard InChI is InChI=1S/C12H11NO/c1-10-7-8-12(14-10)9-13-11-5-3-2-4-6-11/h2-9H,1H3/b13-9+. The maximum Gasteiger partial charge on any atom is 0.145 e. The van der Waals surface area contributed by atoms with Crippen molar-refractivity contribution in [2.75, 3.05) is 0 Å². The molecule has 1 aromatic heterocycles. The average molecular weight is 185 g/mol. The average Bonchev–Trinajstić information content (AvgIpc) is 2.63. The third-order valence-electron chi connectivity index (χ3n) is 1.86.